The lowest BCUT2D eigenvalue weighted by atomic mass is 9.97. The Labute approximate surface area is 206 Å². The predicted molar refractivity (Wildman–Crippen MR) is 134 cm³/mol. The molecule has 1 aliphatic heterocycles. The zero-order chi connectivity index (χ0) is 25.6. The summed E-state index contributed by atoms with van der Waals surface area (Å²) in [6.07, 6.45) is -3.50. The summed E-state index contributed by atoms with van der Waals surface area (Å²) in [6, 6.07) is 11.6. The quantitative estimate of drug-likeness (QED) is 0.523. The molecule has 192 valence electrons. The molecule has 0 fully saturated rings. The van der Waals surface area contributed by atoms with Crippen LogP contribution in [0.2, 0.25) is 0 Å². The van der Waals surface area contributed by atoms with E-state index in [1.54, 1.807) is 6.07 Å². The van der Waals surface area contributed by atoms with E-state index in [0.29, 0.717) is 19.0 Å². The number of nitrogens with zero attached hydrogens (tertiary/aromatic N) is 3. The molecule has 0 spiro atoms. The Balaban J connectivity index is 1.74. The average Bonchev–Trinajstić information content (AvgIpc) is 2.79. The molecule has 1 amide bonds. The van der Waals surface area contributed by atoms with Crippen LogP contribution in [0.1, 0.15) is 36.1 Å². The zero-order valence-electron chi connectivity index (χ0n) is 21.2. The van der Waals surface area contributed by atoms with Gasteiger partial charge in [0, 0.05) is 45.0 Å². The van der Waals surface area contributed by atoms with Gasteiger partial charge in [-0.2, -0.15) is 13.2 Å². The Bertz CT molecular complexity index is 991. The fraction of sp³-hybridized carbons (Fsp3) is 0.519. The Morgan fingerprint density at radius 1 is 1.09 bits per heavy atom. The monoisotopic (exact) mass is 490 g/mol. The van der Waals surface area contributed by atoms with Gasteiger partial charge >= 0.3 is 6.18 Å². The molecule has 1 N–H and O–H groups in total. The van der Waals surface area contributed by atoms with Crippen molar-refractivity contribution in [1.29, 1.82) is 0 Å². The number of halogens is 3. The van der Waals surface area contributed by atoms with Crippen LogP contribution < -0.4 is 5.32 Å². The van der Waals surface area contributed by atoms with Crippen LogP contribution in [0.5, 0.6) is 0 Å². The Morgan fingerprint density at radius 3 is 2.51 bits per heavy atom. The molecule has 0 saturated heterocycles. The van der Waals surface area contributed by atoms with Gasteiger partial charge in [0.15, 0.2) is 0 Å². The van der Waals surface area contributed by atoms with E-state index in [2.05, 4.69) is 30.1 Å². The van der Waals surface area contributed by atoms with Gasteiger partial charge in [-0.1, -0.05) is 44.2 Å². The topological polar surface area (TPSA) is 38.8 Å². The summed E-state index contributed by atoms with van der Waals surface area (Å²) in [7, 11) is 3.76. The van der Waals surface area contributed by atoms with Crippen molar-refractivity contribution < 1.29 is 18.0 Å². The number of fused-ring (bicyclic) bond motifs is 1. The van der Waals surface area contributed by atoms with Crippen molar-refractivity contribution in [3.8, 4) is 0 Å². The molecule has 0 bridgehead atoms. The van der Waals surface area contributed by atoms with Crippen LogP contribution >= 0.6 is 0 Å². The molecule has 1 heterocycles. The second-order valence-corrected chi connectivity index (χ2v) is 9.95. The van der Waals surface area contributed by atoms with Crippen molar-refractivity contribution in [2.24, 2.45) is 5.92 Å². The molecule has 0 atom stereocenters. The first-order valence-corrected chi connectivity index (χ1v) is 12.2. The van der Waals surface area contributed by atoms with Crippen molar-refractivity contribution in [2.45, 2.75) is 39.5 Å². The number of hydrogen-bond donors (Lipinski definition) is 1. The summed E-state index contributed by atoms with van der Waals surface area (Å²) in [5, 5.41) is 3.29. The first-order valence-electron chi connectivity index (χ1n) is 12.2. The summed E-state index contributed by atoms with van der Waals surface area (Å²) in [5.41, 5.74) is 2.82. The van der Waals surface area contributed by atoms with Crippen LogP contribution in [0.3, 0.4) is 0 Å². The minimum absolute atomic E-state index is 0.0300. The first-order chi connectivity index (χ1) is 16.5. The second kappa shape index (κ2) is 11.9. The zero-order valence-corrected chi connectivity index (χ0v) is 21.2. The number of hydrogen-bond acceptors (Lipinski definition) is 4. The van der Waals surface area contributed by atoms with Crippen molar-refractivity contribution in [2.75, 3.05) is 52.1 Å². The van der Waals surface area contributed by atoms with Gasteiger partial charge in [-0.15, -0.1) is 0 Å². The highest BCUT2D eigenvalue weighted by molar-refractivity contribution is 5.81. The van der Waals surface area contributed by atoms with Crippen LogP contribution in [-0.4, -0.2) is 67.4 Å². The van der Waals surface area contributed by atoms with Gasteiger partial charge in [0.25, 0.3) is 0 Å². The third-order valence-electron chi connectivity index (χ3n) is 6.26. The van der Waals surface area contributed by atoms with Crippen molar-refractivity contribution in [3.63, 3.8) is 0 Å². The van der Waals surface area contributed by atoms with Gasteiger partial charge in [-0.05, 0) is 55.3 Å². The molecule has 3 rings (SSSR count). The van der Waals surface area contributed by atoms with E-state index >= 15 is 0 Å². The SMILES string of the molecule is CC(C)CN1CCc2cccc(NCC(=O)N(CCN(C)C)Cc3ccccc3C(F)(F)F)c2C1. The van der Waals surface area contributed by atoms with Crippen molar-refractivity contribution >= 4 is 11.6 Å². The van der Waals surface area contributed by atoms with E-state index < -0.39 is 11.7 Å². The van der Waals surface area contributed by atoms with E-state index in [4.69, 9.17) is 0 Å². The molecule has 2 aromatic rings. The van der Waals surface area contributed by atoms with Crippen LogP contribution in [0.15, 0.2) is 42.5 Å². The van der Waals surface area contributed by atoms with Crippen molar-refractivity contribution in [3.05, 3.63) is 64.7 Å². The lowest BCUT2D eigenvalue weighted by molar-refractivity contribution is -0.139. The van der Waals surface area contributed by atoms with Gasteiger partial charge < -0.3 is 15.1 Å². The van der Waals surface area contributed by atoms with Crippen LogP contribution in [0, 0.1) is 5.92 Å². The fourth-order valence-corrected chi connectivity index (χ4v) is 4.51. The molecule has 0 aliphatic carbocycles. The number of carbonyl (C=O) groups excluding carboxylic acids is 1. The molecule has 2 aromatic carbocycles. The number of benzene rings is 2. The standard InChI is InChI=1S/C27H37F3N4O/c1-20(2)17-33-13-12-21-9-7-11-25(23(21)19-33)31-16-26(35)34(15-14-32(3)4)18-22-8-5-6-10-24(22)27(28,29)30/h5-11,20,31H,12-19H2,1-4H3. The molecule has 8 heteroatoms. The molecule has 35 heavy (non-hydrogen) atoms. The molecule has 0 radical (unpaired) electrons. The number of amides is 1. The number of rotatable bonds is 10. The largest absolute Gasteiger partial charge is 0.416 e. The minimum atomic E-state index is -4.46. The smallest absolute Gasteiger partial charge is 0.376 e. The number of likely N-dealkylation sites (N-methyl/N-ethyl adjacent to an activating group) is 1. The third-order valence-corrected chi connectivity index (χ3v) is 6.26. The maximum Gasteiger partial charge on any atom is 0.416 e. The molecule has 1 aliphatic rings. The lowest BCUT2D eigenvalue weighted by Crippen LogP contribution is -2.40. The maximum absolute atomic E-state index is 13.5. The fourth-order valence-electron chi connectivity index (χ4n) is 4.51. The average molecular weight is 491 g/mol. The number of nitrogens with one attached hydrogen (secondary N) is 1. The maximum atomic E-state index is 13.5. The number of carbonyl (C=O) groups is 1. The van der Waals surface area contributed by atoms with E-state index in [1.165, 1.54) is 28.2 Å². The molecule has 5 nitrogen and oxygen atoms in total. The molecular weight excluding hydrogens is 453 g/mol. The number of alkyl halides is 3. The minimum Gasteiger partial charge on any atom is -0.376 e. The summed E-state index contributed by atoms with van der Waals surface area (Å²) >= 11 is 0. The molecule has 0 aromatic heterocycles. The van der Waals surface area contributed by atoms with Gasteiger partial charge in [-0.3, -0.25) is 9.69 Å². The normalized spacial score (nSPS) is 14.3. The van der Waals surface area contributed by atoms with E-state index in [-0.39, 0.29) is 24.6 Å². The van der Waals surface area contributed by atoms with Crippen molar-refractivity contribution in [1.82, 2.24) is 14.7 Å². The summed E-state index contributed by atoms with van der Waals surface area (Å²) in [4.78, 5) is 19.1. The summed E-state index contributed by atoms with van der Waals surface area (Å²) < 4.78 is 40.6. The number of anilines is 1. The summed E-state index contributed by atoms with van der Waals surface area (Å²) in [6.45, 7) is 8.12. The highest BCUT2D eigenvalue weighted by Gasteiger charge is 2.33. The van der Waals surface area contributed by atoms with Crippen LogP contribution in [-0.2, 0) is 30.5 Å². The Hall–Kier alpha value is -2.58. The van der Waals surface area contributed by atoms with Gasteiger partial charge in [0.2, 0.25) is 5.91 Å². The van der Waals surface area contributed by atoms with Gasteiger partial charge in [0.05, 0.1) is 12.1 Å². The summed E-state index contributed by atoms with van der Waals surface area (Å²) in [5.74, 6) is 0.347. The Morgan fingerprint density at radius 2 is 1.83 bits per heavy atom. The van der Waals surface area contributed by atoms with Crippen LogP contribution in [0.25, 0.3) is 0 Å². The van der Waals surface area contributed by atoms with Crippen LogP contribution in [0.4, 0.5) is 18.9 Å². The molecule has 0 unspecified atom stereocenters. The highest BCUT2D eigenvalue weighted by atomic mass is 19.4. The molecule has 0 saturated carbocycles. The predicted octanol–water partition coefficient (Wildman–Crippen LogP) is 4.72. The van der Waals surface area contributed by atoms with Gasteiger partial charge in [-0.25, -0.2) is 0 Å². The van der Waals surface area contributed by atoms with E-state index in [0.717, 1.165) is 37.8 Å². The third kappa shape index (κ3) is 7.70. The van der Waals surface area contributed by atoms with E-state index in [9.17, 15) is 18.0 Å². The molecular formula is C27H37F3N4O. The Kier molecular flexibility index (Phi) is 9.19. The highest BCUT2D eigenvalue weighted by Crippen LogP contribution is 2.32. The van der Waals surface area contributed by atoms with E-state index in [1.807, 2.05) is 31.1 Å². The van der Waals surface area contributed by atoms with Gasteiger partial charge in [0.1, 0.15) is 0 Å². The first kappa shape index (κ1) is 27.0. The lowest BCUT2D eigenvalue weighted by Gasteiger charge is -2.32. The second-order valence-electron chi connectivity index (χ2n) is 9.95.